The lowest BCUT2D eigenvalue weighted by Gasteiger charge is -2.04. The summed E-state index contributed by atoms with van der Waals surface area (Å²) < 4.78 is 24.9. The van der Waals surface area contributed by atoms with E-state index in [0.717, 1.165) is 6.07 Å². The van der Waals surface area contributed by atoms with E-state index in [0.29, 0.717) is 5.56 Å². The van der Waals surface area contributed by atoms with Crippen LogP contribution in [0.25, 0.3) is 0 Å². The summed E-state index contributed by atoms with van der Waals surface area (Å²) in [5.41, 5.74) is -0.294. The van der Waals surface area contributed by atoms with Gasteiger partial charge in [0.25, 0.3) is 12.1 Å². The van der Waals surface area contributed by atoms with E-state index in [1.54, 1.807) is 0 Å². The zero-order valence-corrected chi connectivity index (χ0v) is 8.72. The minimum absolute atomic E-state index is 0.190. The van der Waals surface area contributed by atoms with Crippen LogP contribution in [0.1, 0.15) is 17.6 Å². The van der Waals surface area contributed by atoms with Gasteiger partial charge in [-0.25, -0.2) is 8.78 Å². The smallest absolute Gasteiger partial charge is 0.258 e. The van der Waals surface area contributed by atoms with Gasteiger partial charge in [0.1, 0.15) is 0 Å². The lowest BCUT2D eigenvalue weighted by molar-refractivity contribution is -0.385. The summed E-state index contributed by atoms with van der Waals surface area (Å²) in [5, 5.41) is 10.5. The number of hydrogen-bond donors (Lipinski definition) is 0. The minimum Gasteiger partial charge on any atom is -0.258 e. The number of nitro groups is 1. The van der Waals surface area contributed by atoms with Crippen molar-refractivity contribution in [2.45, 2.75) is 13.3 Å². The highest BCUT2D eigenvalue weighted by molar-refractivity contribution is 9.10. The van der Waals surface area contributed by atoms with Crippen LogP contribution in [0.5, 0.6) is 0 Å². The van der Waals surface area contributed by atoms with Crippen LogP contribution in [-0.4, -0.2) is 4.92 Å². The third-order valence-corrected chi connectivity index (χ3v) is 2.43. The molecule has 0 aliphatic rings. The zero-order valence-electron chi connectivity index (χ0n) is 7.13. The van der Waals surface area contributed by atoms with Gasteiger partial charge in [0.2, 0.25) is 0 Å². The number of hydrogen-bond acceptors (Lipinski definition) is 2. The fourth-order valence-corrected chi connectivity index (χ4v) is 1.67. The summed E-state index contributed by atoms with van der Waals surface area (Å²) >= 11 is 2.93. The third-order valence-electron chi connectivity index (χ3n) is 1.75. The van der Waals surface area contributed by atoms with Crippen molar-refractivity contribution in [1.29, 1.82) is 0 Å². The molecule has 0 bridgehead atoms. The van der Waals surface area contributed by atoms with Crippen LogP contribution in [0.4, 0.5) is 14.5 Å². The predicted molar refractivity (Wildman–Crippen MR) is 50.5 cm³/mol. The second-order valence-corrected chi connectivity index (χ2v) is 3.57. The quantitative estimate of drug-likeness (QED) is 0.606. The highest BCUT2D eigenvalue weighted by atomic mass is 79.9. The Morgan fingerprint density at radius 1 is 1.50 bits per heavy atom. The van der Waals surface area contributed by atoms with Crippen molar-refractivity contribution < 1.29 is 13.7 Å². The Bertz CT molecular complexity index is 382. The lowest BCUT2D eigenvalue weighted by atomic mass is 10.1. The molecule has 0 heterocycles. The Balaban J connectivity index is 3.34. The first-order valence-corrected chi connectivity index (χ1v) is 4.45. The molecule has 0 spiro atoms. The molecular formula is C8H6BrF2NO2. The first-order chi connectivity index (χ1) is 6.43. The average Bonchev–Trinajstić information content (AvgIpc) is 2.02. The molecule has 0 fully saturated rings. The highest BCUT2D eigenvalue weighted by Crippen LogP contribution is 2.32. The maximum atomic E-state index is 12.4. The largest absolute Gasteiger partial charge is 0.272 e. The van der Waals surface area contributed by atoms with E-state index >= 15 is 0 Å². The first kappa shape index (κ1) is 11.0. The SMILES string of the molecule is Cc1cc(Br)c(C(F)F)cc1[N+](=O)[O-]. The van der Waals surface area contributed by atoms with Crippen LogP contribution in [0, 0.1) is 17.0 Å². The second-order valence-electron chi connectivity index (χ2n) is 2.72. The molecule has 0 saturated carbocycles. The molecule has 14 heavy (non-hydrogen) atoms. The van der Waals surface area contributed by atoms with Crippen molar-refractivity contribution in [3.63, 3.8) is 0 Å². The van der Waals surface area contributed by atoms with Crippen LogP contribution in [0.3, 0.4) is 0 Å². The van der Waals surface area contributed by atoms with Gasteiger partial charge in [0.05, 0.1) is 4.92 Å². The molecule has 3 nitrogen and oxygen atoms in total. The third kappa shape index (κ3) is 2.06. The Morgan fingerprint density at radius 3 is 2.50 bits per heavy atom. The summed E-state index contributed by atoms with van der Waals surface area (Å²) in [5.74, 6) is 0. The van der Waals surface area contributed by atoms with Crippen molar-refractivity contribution in [3.05, 3.63) is 37.8 Å². The molecule has 1 aromatic rings. The standard InChI is InChI=1S/C8H6BrF2NO2/c1-4-2-6(9)5(8(10)11)3-7(4)12(13)14/h2-3,8H,1H3. The highest BCUT2D eigenvalue weighted by Gasteiger charge is 2.19. The Labute approximate surface area is 87.0 Å². The van der Waals surface area contributed by atoms with E-state index in [1.807, 2.05) is 0 Å². The monoisotopic (exact) mass is 265 g/mol. The Hall–Kier alpha value is -1.04. The normalized spacial score (nSPS) is 10.6. The molecule has 0 aliphatic carbocycles. The van der Waals surface area contributed by atoms with Crippen LogP contribution in [0.15, 0.2) is 16.6 Å². The molecule has 6 heteroatoms. The maximum absolute atomic E-state index is 12.4. The lowest BCUT2D eigenvalue weighted by Crippen LogP contribution is -1.95. The Morgan fingerprint density at radius 2 is 2.07 bits per heavy atom. The molecule has 0 radical (unpaired) electrons. The molecule has 0 unspecified atom stereocenters. The van der Waals surface area contributed by atoms with Crippen molar-refractivity contribution in [2.24, 2.45) is 0 Å². The van der Waals surface area contributed by atoms with Crippen LogP contribution >= 0.6 is 15.9 Å². The summed E-state index contributed by atoms with van der Waals surface area (Å²) in [6.07, 6.45) is -2.72. The molecule has 0 saturated heterocycles. The molecule has 0 N–H and O–H groups in total. The van der Waals surface area contributed by atoms with Gasteiger partial charge in [0.15, 0.2) is 0 Å². The van der Waals surface area contributed by atoms with E-state index in [2.05, 4.69) is 15.9 Å². The van der Waals surface area contributed by atoms with E-state index in [1.165, 1.54) is 13.0 Å². The van der Waals surface area contributed by atoms with E-state index < -0.39 is 11.3 Å². The number of alkyl halides is 2. The topological polar surface area (TPSA) is 43.1 Å². The molecule has 1 aromatic carbocycles. The van der Waals surface area contributed by atoms with Crippen LogP contribution in [-0.2, 0) is 0 Å². The Kier molecular flexibility index (Phi) is 3.15. The summed E-state index contributed by atoms with van der Waals surface area (Å²) in [6.45, 7) is 1.50. The molecule has 76 valence electrons. The summed E-state index contributed by atoms with van der Waals surface area (Å²) in [4.78, 5) is 9.78. The van der Waals surface area contributed by atoms with Gasteiger partial charge >= 0.3 is 0 Å². The van der Waals surface area contributed by atoms with Gasteiger partial charge in [-0.3, -0.25) is 10.1 Å². The van der Waals surface area contributed by atoms with Crippen LogP contribution < -0.4 is 0 Å². The average molecular weight is 266 g/mol. The molecule has 0 aliphatic heterocycles. The van der Waals surface area contributed by atoms with Gasteiger partial charge in [-0.2, -0.15) is 0 Å². The number of benzene rings is 1. The number of nitro benzene ring substituents is 1. The van der Waals surface area contributed by atoms with Crippen LogP contribution in [0.2, 0.25) is 0 Å². The summed E-state index contributed by atoms with van der Waals surface area (Å²) in [6, 6.07) is 2.21. The number of halogens is 3. The van der Waals surface area contributed by atoms with E-state index in [-0.39, 0.29) is 15.7 Å². The predicted octanol–water partition coefficient (Wildman–Crippen LogP) is 3.60. The van der Waals surface area contributed by atoms with Gasteiger partial charge in [-0.15, -0.1) is 0 Å². The minimum atomic E-state index is -2.72. The second kappa shape index (κ2) is 4.00. The van der Waals surface area contributed by atoms with Gasteiger partial charge < -0.3 is 0 Å². The van der Waals surface area contributed by atoms with Crippen molar-refractivity contribution in [3.8, 4) is 0 Å². The fraction of sp³-hybridized carbons (Fsp3) is 0.250. The summed E-state index contributed by atoms with van der Waals surface area (Å²) in [7, 11) is 0. The maximum Gasteiger partial charge on any atom is 0.272 e. The molecule has 1 rings (SSSR count). The van der Waals surface area contributed by atoms with E-state index in [4.69, 9.17) is 0 Å². The number of nitrogens with zero attached hydrogens (tertiary/aromatic N) is 1. The first-order valence-electron chi connectivity index (χ1n) is 3.66. The van der Waals surface area contributed by atoms with Gasteiger partial charge in [0, 0.05) is 21.7 Å². The fourth-order valence-electron chi connectivity index (χ4n) is 1.04. The van der Waals surface area contributed by atoms with Crippen molar-refractivity contribution in [2.75, 3.05) is 0 Å². The van der Waals surface area contributed by atoms with Gasteiger partial charge in [-0.1, -0.05) is 15.9 Å². The molecule has 0 amide bonds. The molecular weight excluding hydrogens is 260 g/mol. The number of aryl methyl sites for hydroxylation is 1. The molecule has 0 atom stereocenters. The van der Waals surface area contributed by atoms with E-state index in [9.17, 15) is 18.9 Å². The van der Waals surface area contributed by atoms with Gasteiger partial charge in [-0.05, 0) is 13.0 Å². The molecule has 0 aromatic heterocycles. The number of rotatable bonds is 2. The van der Waals surface area contributed by atoms with Crippen molar-refractivity contribution >= 4 is 21.6 Å². The van der Waals surface area contributed by atoms with Crippen molar-refractivity contribution in [1.82, 2.24) is 0 Å². The zero-order chi connectivity index (χ0) is 10.9.